The van der Waals surface area contributed by atoms with Crippen LogP contribution in [0.1, 0.15) is 27.2 Å². The van der Waals surface area contributed by atoms with Crippen molar-refractivity contribution >= 4 is 23.8 Å². The van der Waals surface area contributed by atoms with Gasteiger partial charge in [0.2, 0.25) is 18.0 Å². The Kier molecular flexibility index (Phi) is 8.21. The van der Waals surface area contributed by atoms with E-state index in [-0.39, 0.29) is 23.5 Å². The van der Waals surface area contributed by atoms with Crippen LogP contribution in [0, 0.1) is 11.6 Å². The summed E-state index contributed by atoms with van der Waals surface area (Å²) in [5.74, 6) is -1.50. The van der Waals surface area contributed by atoms with Crippen molar-refractivity contribution < 1.29 is 37.3 Å². The number of ether oxygens (including phenoxy) is 4. The number of fused-ring (bicyclic) bond motifs is 4. The molecule has 4 heterocycles. The van der Waals surface area contributed by atoms with Gasteiger partial charge in [-0.1, -0.05) is 24.3 Å². The third kappa shape index (κ3) is 5.61. The van der Waals surface area contributed by atoms with E-state index >= 15 is 0 Å². The molecule has 1 aromatic heterocycles. The maximum absolute atomic E-state index is 13.7. The molecule has 13 heteroatoms. The highest BCUT2D eigenvalue weighted by molar-refractivity contribution is 7.98. The van der Waals surface area contributed by atoms with Crippen LogP contribution in [0.5, 0.6) is 5.75 Å². The lowest BCUT2D eigenvalue weighted by Gasteiger charge is -2.41. The Morgan fingerprint density at radius 1 is 1.15 bits per heavy atom. The minimum absolute atomic E-state index is 0.0455. The molecule has 0 spiro atoms. The number of thioether (sulfide) groups is 1. The third-order valence-electron chi connectivity index (χ3n) is 6.50. The van der Waals surface area contributed by atoms with Crippen molar-refractivity contribution in [1.82, 2.24) is 9.58 Å². The van der Waals surface area contributed by atoms with Crippen LogP contribution >= 0.6 is 11.8 Å². The molecule has 1 amide bonds. The molecule has 0 bridgehead atoms. The zero-order valence-corrected chi connectivity index (χ0v) is 22.2. The van der Waals surface area contributed by atoms with Crippen LogP contribution in [0.2, 0.25) is 0 Å². The van der Waals surface area contributed by atoms with Crippen molar-refractivity contribution in [3.8, 4) is 5.75 Å². The van der Waals surface area contributed by atoms with E-state index in [9.17, 15) is 23.2 Å². The SMILES string of the molecule is COC(=O)OCOc1c2n(ccc1=O)N[C@@H]1COCCN1C2=O.Fc1ccc2c(c1F)CSc1ccccc1C2. The predicted molar refractivity (Wildman–Crippen MR) is 140 cm³/mol. The molecule has 0 aliphatic carbocycles. The summed E-state index contributed by atoms with van der Waals surface area (Å²) in [6, 6.07) is 12.2. The zero-order valence-electron chi connectivity index (χ0n) is 21.4. The van der Waals surface area contributed by atoms with E-state index in [0.29, 0.717) is 37.5 Å². The standard InChI is InChI=1S/C14H10F2S.C13H15N3O7/c15-12-6-5-9-7-10-3-1-2-4-13(10)17-8-11(9)14(12)16;1-20-13(19)23-7-22-11-8(17)2-3-16-10(11)12(18)15-4-5-21-6-9(15)14-16/h1-6H,7-8H2;2-3,9,14H,4-7H2,1H3/t;9-/m.0/s1. The van der Waals surface area contributed by atoms with Crippen molar-refractivity contribution in [3.05, 3.63) is 92.9 Å². The Morgan fingerprint density at radius 3 is 2.80 bits per heavy atom. The maximum atomic E-state index is 13.7. The molecule has 0 saturated carbocycles. The number of amides is 1. The maximum Gasteiger partial charge on any atom is 0.510 e. The van der Waals surface area contributed by atoms with Gasteiger partial charge in [0.25, 0.3) is 5.91 Å². The van der Waals surface area contributed by atoms with E-state index in [1.807, 2.05) is 24.3 Å². The summed E-state index contributed by atoms with van der Waals surface area (Å²) >= 11 is 1.57. The van der Waals surface area contributed by atoms with E-state index in [0.717, 1.165) is 17.6 Å². The predicted octanol–water partition coefficient (Wildman–Crippen LogP) is 3.48. The van der Waals surface area contributed by atoms with E-state index in [4.69, 9.17) is 9.47 Å². The zero-order chi connectivity index (χ0) is 28.2. The molecule has 2 aromatic carbocycles. The van der Waals surface area contributed by atoms with Gasteiger partial charge in [-0.25, -0.2) is 13.6 Å². The molecule has 210 valence electrons. The van der Waals surface area contributed by atoms with E-state index in [2.05, 4.69) is 14.9 Å². The van der Waals surface area contributed by atoms with Gasteiger partial charge in [-0.3, -0.25) is 14.3 Å². The molecule has 3 aliphatic rings. The van der Waals surface area contributed by atoms with Crippen molar-refractivity contribution in [2.75, 3.05) is 39.1 Å². The minimum atomic E-state index is -0.951. The fraction of sp³-hybridized carbons (Fsp3) is 0.296. The van der Waals surface area contributed by atoms with Gasteiger partial charge in [0.1, 0.15) is 6.17 Å². The fourth-order valence-corrected chi connectivity index (χ4v) is 5.62. The average molecular weight is 574 g/mol. The van der Waals surface area contributed by atoms with Crippen molar-refractivity contribution in [2.45, 2.75) is 23.2 Å². The number of nitrogens with one attached hydrogen (secondary N) is 1. The van der Waals surface area contributed by atoms with E-state index < -0.39 is 30.0 Å². The van der Waals surface area contributed by atoms with Crippen molar-refractivity contribution in [3.63, 3.8) is 0 Å². The lowest BCUT2D eigenvalue weighted by Crippen LogP contribution is -2.59. The highest BCUT2D eigenvalue weighted by atomic mass is 32.2. The Labute approximate surface area is 231 Å². The molecule has 1 fully saturated rings. The van der Waals surface area contributed by atoms with Gasteiger partial charge < -0.3 is 29.3 Å². The highest BCUT2D eigenvalue weighted by Crippen LogP contribution is 2.35. The summed E-state index contributed by atoms with van der Waals surface area (Å²) < 4.78 is 47.7. The molecule has 0 unspecified atom stereocenters. The number of carbonyl (C=O) groups is 2. The van der Waals surface area contributed by atoms with Crippen LogP contribution in [0.15, 0.2) is 58.4 Å². The van der Waals surface area contributed by atoms with Crippen molar-refractivity contribution in [2.24, 2.45) is 0 Å². The molecule has 6 rings (SSSR count). The van der Waals surface area contributed by atoms with E-state index in [1.165, 1.54) is 28.6 Å². The molecule has 1 atom stereocenters. The van der Waals surface area contributed by atoms with Gasteiger partial charge in [0.05, 0.1) is 20.3 Å². The summed E-state index contributed by atoms with van der Waals surface area (Å²) in [7, 11) is 1.15. The molecule has 0 radical (unpaired) electrons. The van der Waals surface area contributed by atoms with Crippen LogP contribution in [0.4, 0.5) is 13.6 Å². The first-order valence-corrected chi connectivity index (χ1v) is 13.3. The van der Waals surface area contributed by atoms with Gasteiger partial charge >= 0.3 is 6.16 Å². The normalized spacial score (nSPS) is 16.9. The van der Waals surface area contributed by atoms with Crippen LogP contribution in [0.3, 0.4) is 0 Å². The number of benzene rings is 2. The molecular formula is C27H25F2N3O7S. The number of hydrogen-bond acceptors (Lipinski definition) is 9. The quantitative estimate of drug-likeness (QED) is 0.372. The number of methoxy groups -OCH3 is 1. The molecular weight excluding hydrogens is 548 g/mol. The molecule has 3 aliphatic heterocycles. The smallest absolute Gasteiger partial charge is 0.451 e. The Morgan fingerprint density at radius 2 is 1.98 bits per heavy atom. The third-order valence-corrected chi connectivity index (χ3v) is 7.64. The van der Waals surface area contributed by atoms with Gasteiger partial charge in [0.15, 0.2) is 17.3 Å². The summed E-state index contributed by atoms with van der Waals surface area (Å²) in [4.78, 5) is 38.3. The molecule has 1 N–H and O–H groups in total. The Bertz CT molecular complexity index is 1500. The lowest BCUT2D eigenvalue weighted by molar-refractivity contribution is -0.00495. The first-order valence-electron chi connectivity index (χ1n) is 12.3. The molecule has 40 heavy (non-hydrogen) atoms. The number of morpholine rings is 1. The molecule has 1 saturated heterocycles. The van der Waals surface area contributed by atoms with Gasteiger partial charge in [-0.05, 0) is 29.7 Å². The number of nitrogens with zero attached hydrogens (tertiary/aromatic N) is 2. The largest absolute Gasteiger partial charge is 0.510 e. The molecule has 10 nitrogen and oxygen atoms in total. The van der Waals surface area contributed by atoms with Crippen LogP contribution < -0.4 is 15.6 Å². The monoisotopic (exact) mass is 573 g/mol. The topological polar surface area (TPSA) is 108 Å². The van der Waals surface area contributed by atoms with Crippen molar-refractivity contribution in [1.29, 1.82) is 0 Å². The number of aromatic nitrogens is 1. The number of pyridine rings is 1. The number of hydrogen-bond donors (Lipinski definition) is 1. The fourth-order valence-electron chi connectivity index (χ4n) is 4.51. The second kappa shape index (κ2) is 12.0. The summed E-state index contributed by atoms with van der Waals surface area (Å²) in [5, 5.41) is 0. The first kappa shape index (κ1) is 27.5. The van der Waals surface area contributed by atoms with Crippen LogP contribution in [-0.4, -0.2) is 61.5 Å². The number of carbonyl (C=O) groups excluding carboxylic acids is 2. The summed E-state index contributed by atoms with van der Waals surface area (Å²) in [6.07, 6.45) is 0.851. The van der Waals surface area contributed by atoms with Gasteiger partial charge in [-0.15, -0.1) is 11.8 Å². The minimum Gasteiger partial charge on any atom is -0.451 e. The summed E-state index contributed by atoms with van der Waals surface area (Å²) in [5.41, 5.74) is 5.18. The number of halogens is 2. The Balaban J connectivity index is 0.000000168. The lowest BCUT2D eigenvalue weighted by atomic mass is 10.0. The van der Waals surface area contributed by atoms with Crippen LogP contribution in [0.25, 0.3) is 0 Å². The van der Waals surface area contributed by atoms with E-state index in [1.54, 1.807) is 22.7 Å². The highest BCUT2D eigenvalue weighted by Gasteiger charge is 2.37. The van der Waals surface area contributed by atoms with Gasteiger partial charge in [-0.2, -0.15) is 0 Å². The van der Waals surface area contributed by atoms with Gasteiger partial charge in [0, 0.05) is 35.0 Å². The number of rotatable bonds is 3. The molecule has 3 aromatic rings. The second-order valence-electron chi connectivity index (χ2n) is 8.88. The second-order valence-corrected chi connectivity index (χ2v) is 9.90. The van der Waals surface area contributed by atoms with Crippen LogP contribution in [-0.2, 0) is 26.4 Å². The Hall–Kier alpha value is -4.10. The average Bonchev–Trinajstić information content (AvgIpc) is 3.16. The summed E-state index contributed by atoms with van der Waals surface area (Å²) in [6.45, 7) is 0.623. The first-order chi connectivity index (χ1) is 19.4.